The first-order valence-electron chi connectivity index (χ1n) is 10.5. The van der Waals surface area contributed by atoms with Crippen LogP contribution in [0.5, 0.6) is 0 Å². The molecule has 0 radical (unpaired) electrons. The summed E-state index contributed by atoms with van der Waals surface area (Å²) in [5, 5.41) is 8.14. The minimum atomic E-state index is 0.0217. The summed E-state index contributed by atoms with van der Waals surface area (Å²) in [6, 6.07) is 7.61. The largest absolute Gasteiger partial charge is 0.273 e. The molecule has 150 valence electrons. The molecule has 2 fully saturated rings. The predicted octanol–water partition coefficient (Wildman–Crippen LogP) is 3.75. The van der Waals surface area contributed by atoms with Gasteiger partial charge < -0.3 is 0 Å². The quantitative estimate of drug-likeness (QED) is 0.580. The van der Waals surface area contributed by atoms with Crippen molar-refractivity contribution in [2.75, 3.05) is 0 Å². The fourth-order valence-corrected chi connectivity index (χ4v) is 3.92. The zero-order valence-electron chi connectivity index (χ0n) is 16.4. The Morgan fingerprint density at radius 2 is 1.04 bits per heavy atom. The third-order valence-electron chi connectivity index (χ3n) is 5.67. The number of benzene rings is 1. The van der Waals surface area contributed by atoms with Gasteiger partial charge in [0.25, 0.3) is 0 Å². The molecular formula is C22H30N4O2. The van der Waals surface area contributed by atoms with E-state index in [1.165, 1.54) is 12.8 Å². The molecule has 6 nitrogen and oxygen atoms in total. The summed E-state index contributed by atoms with van der Waals surface area (Å²) in [5.41, 5.74) is 7.09. The van der Waals surface area contributed by atoms with Crippen LogP contribution in [0.4, 0.5) is 0 Å². The normalized spacial score (nSPS) is 19.1. The molecule has 2 N–H and O–H groups in total. The molecule has 28 heavy (non-hydrogen) atoms. The molecule has 0 bridgehead atoms. The molecule has 0 aromatic heterocycles. The van der Waals surface area contributed by atoms with Crippen molar-refractivity contribution in [1.82, 2.24) is 10.9 Å². The van der Waals surface area contributed by atoms with Gasteiger partial charge in [-0.25, -0.2) is 10.9 Å². The SMILES string of the molecule is O=C(NN=Cc1ccc(C=NNC(=O)C2CCCCC2)cc1)C1CCCCC1. The highest BCUT2D eigenvalue weighted by Gasteiger charge is 2.21. The molecule has 2 saturated carbocycles. The van der Waals surface area contributed by atoms with E-state index in [1.807, 2.05) is 24.3 Å². The van der Waals surface area contributed by atoms with Gasteiger partial charge in [0.05, 0.1) is 12.4 Å². The van der Waals surface area contributed by atoms with Crippen LogP contribution in [0.25, 0.3) is 0 Å². The molecule has 0 saturated heterocycles. The van der Waals surface area contributed by atoms with Crippen molar-refractivity contribution >= 4 is 24.2 Å². The van der Waals surface area contributed by atoms with E-state index in [1.54, 1.807) is 12.4 Å². The lowest BCUT2D eigenvalue weighted by Crippen LogP contribution is -2.28. The van der Waals surface area contributed by atoms with E-state index in [4.69, 9.17) is 0 Å². The maximum absolute atomic E-state index is 12.1. The van der Waals surface area contributed by atoms with E-state index in [0.717, 1.165) is 62.5 Å². The van der Waals surface area contributed by atoms with E-state index in [9.17, 15) is 9.59 Å². The van der Waals surface area contributed by atoms with Gasteiger partial charge in [0.2, 0.25) is 11.8 Å². The molecule has 2 aliphatic rings. The van der Waals surface area contributed by atoms with Gasteiger partial charge >= 0.3 is 0 Å². The molecule has 1 aromatic rings. The van der Waals surface area contributed by atoms with Crippen LogP contribution in [0.2, 0.25) is 0 Å². The molecule has 2 amide bonds. The number of carbonyl (C=O) groups is 2. The van der Waals surface area contributed by atoms with Crippen molar-refractivity contribution in [2.24, 2.45) is 22.0 Å². The maximum Gasteiger partial charge on any atom is 0.243 e. The van der Waals surface area contributed by atoms with Gasteiger partial charge in [0.15, 0.2) is 0 Å². The lowest BCUT2D eigenvalue weighted by atomic mass is 9.89. The standard InChI is InChI=1S/C22H30N4O2/c27-21(19-7-3-1-4-8-19)25-23-15-17-11-13-18(14-12-17)16-24-26-22(28)20-9-5-2-6-10-20/h11-16,19-20H,1-10H2,(H,25,27)(H,26,28). The lowest BCUT2D eigenvalue weighted by molar-refractivity contribution is -0.126. The Bertz CT molecular complexity index is 639. The first kappa shape index (κ1) is 20.2. The molecule has 3 rings (SSSR count). The third-order valence-corrected chi connectivity index (χ3v) is 5.67. The van der Waals surface area contributed by atoms with E-state index < -0.39 is 0 Å². The Balaban J connectivity index is 1.42. The van der Waals surface area contributed by atoms with Crippen LogP contribution in [0, 0.1) is 11.8 Å². The van der Waals surface area contributed by atoms with Crippen molar-refractivity contribution in [1.29, 1.82) is 0 Å². The molecule has 0 heterocycles. The first-order chi connectivity index (χ1) is 13.7. The number of nitrogens with zero attached hydrogens (tertiary/aromatic N) is 2. The highest BCUT2D eigenvalue weighted by molar-refractivity contribution is 5.86. The number of carbonyl (C=O) groups excluding carboxylic acids is 2. The fourth-order valence-electron chi connectivity index (χ4n) is 3.92. The van der Waals surface area contributed by atoms with Crippen LogP contribution in [0.15, 0.2) is 34.5 Å². The Labute approximate surface area is 166 Å². The summed E-state index contributed by atoms with van der Waals surface area (Å²) in [6.45, 7) is 0. The maximum atomic E-state index is 12.1. The summed E-state index contributed by atoms with van der Waals surface area (Å²) < 4.78 is 0. The molecule has 6 heteroatoms. The van der Waals surface area contributed by atoms with Crippen molar-refractivity contribution in [2.45, 2.75) is 64.2 Å². The van der Waals surface area contributed by atoms with Crippen LogP contribution in [0.3, 0.4) is 0 Å². The van der Waals surface area contributed by atoms with Crippen LogP contribution in [0.1, 0.15) is 75.3 Å². The Kier molecular flexibility index (Phi) is 7.76. The molecule has 0 spiro atoms. The van der Waals surface area contributed by atoms with E-state index in [-0.39, 0.29) is 23.7 Å². The number of hydrogen-bond acceptors (Lipinski definition) is 4. The van der Waals surface area contributed by atoms with Crippen LogP contribution >= 0.6 is 0 Å². The second kappa shape index (κ2) is 10.7. The van der Waals surface area contributed by atoms with Gasteiger partial charge in [-0.05, 0) is 36.8 Å². The molecule has 2 aliphatic carbocycles. The summed E-state index contributed by atoms with van der Waals surface area (Å²) in [6.07, 6.45) is 14.1. The molecule has 0 atom stereocenters. The van der Waals surface area contributed by atoms with Crippen molar-refractivity contribution in [3.8, 4) is 0 Å². The topological polar surface area (TPSA) is 82.9 Å². The van der Waals surface area contributed by atoms with E-state index in [0.29, 0.717) is 0 Å². The third kappa shape index (κ3) is 6.29. The van der Waals surface area contributed by atoms with Crippen LogP contribution in [-0.4, -0.2) is 24.2 Å². The Morgan fingerprint density at radius 3 is 1.39 bits per heavy atom. The monoisotopic (exact) mass is 382 g/mol. The average molecular weight is 383 g/mol. The summed E-state index contributed by atoms with van der Waals surface area (Å²) in [5.74, 6) is 0.253. The molecule has 0 unspecified atom stereocenters. The Hall–Kier alpha value is -2.50. The van der Waals surface area contributed by atoms with Gasteiger partial charge in [-0.2, -0.15) is 10.2 Å². The zero-order chi connectivity index (χ0) is 19.6. The van der Waals surface area contributed by atoms with Crippen molar-refractivity contribution in [3.63, 3.8) is 0 Å². The van der Waals surface area contributed by atoms with Gasteiger partial charge in [0, 0.05) is 11.8 Å². The van der Waals surface area contributed by atoms with Crippen LogP contribution in [-0.2, 0) is 9.59 Å². The second-order valence-corrected chi connectivity index (χ2v) is 7.81. The number of hydrazone groups is 2. The fraction of sp³-hybridized carbons (Fsp3) is 0.545. The zero-order valence-corrected chi connectivity index (χ0v) is 16.4. The highest BCUT2D eigenvalue weighted by Crippen LogP contribution is 2.24. The van der Waals surface area contributed by atoms with E-state index in [2.05, 4.69) is 21.1 Å². The summed E-state index contributed by atoms with van der Waals surface area (Å²) >= 11 is 0. The number of hydrogen-bond donors (Lipinski definition) is 2. The molecule has 0 aliphatic heterocycles. The number of nitrogens with one attached hydrogen (secondary N) is 2. The minimum Gasteiger partial charge on any atom is -0.273 e. The van der Waals surface area contributed by atoms with Gasteiger partial charge in [-0.3, -0.25) is 9.59 Å². The second-order valence-electron chi connectivity index (χ2n) is 7.81. The average Bonchev–Trinajstić information content (AvgIpc) is 2.76. The molecule has 1 aromatic carbocycles. The van der Waals surface area contributed by atoms with Gasteiger partial charge in [0.1, 0.15) is 0 Å². The number of rotatable bonds is 6. The van der Waals surface area contributed by atoms with Crippen LogP contribution < -0.4 is 10.9 Å². The van der Waals surface area contributed by atoms with E-state index >= 15 is 0 Å². The highest BCUT2D eigenvalue weighted by atomic mass is 16.2. The summed E-state index contributed by atoms with van der Waals surface area (Å²) in [7, 11) is 0. The smallest absolute Gasteiger partial charge is 0.243 e. The van der Waals surface area contributed by atoms with Gasteiger partial charge in [-0.15, -0.1) is 0 Å². The minimum absolute atomic E-state index is 0.0217. The Morgan fingerprint density at radius 1 is 0.679 bits per heavy atom. The number of amides is 2. The van der Waals surface area contributed by atoms with Crippen molar-refractivity contribution in [3.05, 3.63) is 35.4 Å². The molecular weight excluding hydrogens is 352 g/mol. The first-order valence-corrected chi connectivity index (χ1v) is 10.5. The summed E-state index contributed by atoms with van der Waals surface area (Å²) in [4.78, 5) is 24.1. The lowest BCUT2D eigenvalue weighted by Gasteiger charge is -2.19. The van der Waals surface area contributed by atoms with Crippen molar-refractivity contribution < 1.29 is 9.59 Å². The van der Waals surface area contributed by atoms with Gasteiger partial charge in [-0.1, -0.05) is 62.8 Å². The predicted molar refractivity (Wildman–Crippen MR) is 111 cm³/mol.